The van der Waals surface area contributed by atoms with Crippen LogP contribution in [0.2, 0.25) is 0 Å². The molecule has 2 rings (SSSR count). The van der Waals surface area contributed by atoms with E-state index in [-0.39, 0.29) is 5.56 Å². The van der Waals surface area contributed by atoms with E-state index in [4.69, 9.17) is 0 Å². The van der Waals surface area contributed by atoms with E-state index in [1.54, 1.807) is 19.3 Å². The first-order chi connectivity index (χ1) is 8.52. The Morgan fingerprint density at radius 3 is 2.67 bits per heavy atom. The standard InChI is InChI=1S/C12H11F3N2S/c1-16-6-8-7-17-11(18-8)9-4-2-3-5-10(9)12(13,14)15/h2-5,7,16H,6H2,1H3. The molecule has 96 valence electrons. The monoisotopic (exact) mass is 272 g/mol. The molecule has 0 aliphatic carbocycles. The molecule has 0 bridgehead atoms. The van der Waals surface area contributed by atoms with Crippen molar-refractivity contribution in [2.24, 2.45) is 0 Å². The van der Waals surface area contributed by atoms with Gasteiger partial charge in [0.05, 0.1) is 5.56 Å². The largest absolute Gasteiger partial charge is 0.417 e. The Morgan fingerprint density at radius 1 is 1.28 bits per heavy atom. The van der Waals surface area contributed by atoms with Crippen LogP contribution >= 0.6 is 11.3 Å². The van der Waals surface area contributed by atoms with Crippen LogP contribution in [0.5, 0.6) is 0 Å². The third-order valence-corrected chi connectivity index (χ3v) is 3.40. The highest BCUT2D eigenvalue weighted by Crippen LogP contribution is 2.38. The highest BCUT2D eigenvalue weighted by Gasteiger charge is 2.33. The van der Waals surface area contributed by atoms with Gasteiger partial charge in [-0.15, -0.1) is 11.3 Å². The number of thiazole rings is 1. The topological polar surface area (TPSA) is 24.9 Å². The average Bonchev–Trinajstić information content (AvgIpc) is 2.77. The van der Waals surface area contributed by atoms with E-state index < -0.39 is 11.7 Å². The van der Waals surface area contributed by atoms with E-state index in [1.807, 2.05) is 0 Å². The summed E-state index contributed by atoms with van der Waals surface area (Å²) in [6, 6.07) is 5.50. The summed E-state index contributed by atoms with van der Waals surface area (Å²) >= 11 is 1.27. The minimum absolute atomic E-state index is 0.136. The Morgan fingerprint density at radius 2 is 2.00 bits per heavy atom. The number of nitrogens with zero attached hydrogens (tertiary/aromatic N) is 1. The lowest BCUT2D eigenvalue weighted by molar-refractivity contribution is -0.137. The van der Waals surface area contributed by atoms with Crippen LogP contribution < -0.4 is 5.32 Å². The summed E-state index contributed by atoms with van der Waals surface area (Å²) < 4.78 is 38.6. The van der Waals surface area contributed by atoms with Crippen molar-refractivity contribution in [1.29, 1.82) is 0 Å². The molecule has 0 aliphatic heterocycles. The predicted molar refractivity (Wildman–Crippen MR) is 65.3 cm³/mol. The third-order valence-electron chi connectivity index (χ3n) is 2.37. The smallest absolute Gasteiger partial charge is 0.315 e. The molecule has 1 N–H and O–H groups in total. The van der Waals surface area contributed by atoms with E-state index in [1.165, 1.54) is 23.5 Å². The molecule has 2 nitrogen and oxygen atoms in total. The molecule has 0 fully saturated rings. The second-order valence-electron chi connectivity index (χ2n) is 3.71. The molecule has 6 heteroatoms. The van der Waals surface area contributed by atoms with Gasteiger partial charge in [-0.05, 0) is 13.1 Å². The maximum Gasteiger partial charge on any atom is 0.417 e. The molecule has 1 heterocycles. The molecule has 0 aliphatic rings. The lowest BCUT2D eigenvalue weighted by Crippen LogP contribution is -2.06. The van der Waals surface area contributed by atoms with Gasteiger partial charge in [-0.25, -0.2) is 4.98 Å². The van der Waals surface area contributed by atoms with Gasteiger partial charge in [0.25, 0.3) is 0 Å². The van der Waals surface area contributed by atoms with Crippen molar-refractivity contribution >= 4 is 11.3 Å². The Labute approximate surface area is 106 Å². The fourth-order valence-electron chi connectivity index (χ4n) is 1.60. The quantitative estimate of drug-likeness (QED) is 0.924. The minimum atomic E-state index is -4.36. The van der Waals surface area contributed by atoms with Gasteiger partial charge in [-0.2, -0.15) is 13.2 Å². The maximum atomic E-state index is 12.9. The fraction of sp³-hybridized carbons (Fsp3) is 0.250. The molecule has 2 aromatic rings. The van der Waals surface area contributed by atoms with Gasteiger partial charge in [0.2, 0.25) is 0 Å². The third kappa shape index (κ3) is 2.70. The Kier molecular flexibility index (Phi) is 3.68. The summed E-state index contributed by atoms with van der Waals surface area (Å²) in [4.78, 5) is 4.96. The Hall–Kier alpha value is -1.40. The van der Waals surface area contributed by atoms with Crippen LogP contribution in [0, 0.1) is 0 Å². The normalized spacial score (nSPS) is 11.8. The van der Waals surface area contributed by atoms with Crippen molar-refractivity contribution < 1.29 is 13.2 Å². The molecule has 0 atom stereocenters. The second-order valence-corrected chi connectivity index (χ2v) is 4.82. The first kappa shape index (κ1) is 13.0. The Bertz CT molecular complexity index is 534. The fourth-order valence-corrected chi connectivity index (χ4v) is 2.57. The summed E-state index contributed by atoms with van der Waals surface area (Å²) in [5.41, 5.74) is -0.507. The van der Waals surface area contributed by atoms with Crippen LogP contribution in [0.1, 0.15) is 10.4 Å². The maximum absolute atomic E-state index is 12.9. The first-order valence-electron chi connectivity index (χ1n) is 5.28. The lowest BCUT2D eigenvalue weighted by atomic mass is 10.1. The zero-order chi connectivity index (χ0) is 13.2. The molecule has 0 saturated carbocycles. The lowest BCUT2D eigenvalue weighted by Gasteiger charge is -2.10. The first-order valence-corrected chi connectivity index (χ1v) is 6.10. The zero-order valence-corrected chi connectivity index (χ0v) is 10.4. The van der Waals surface area contributed by atoms with Crippen molar-refractivity contribution in [3.63, 3.8) is 0 Å². The summed E-state index contributed by atoms with van der Waals surface area (Å²) in [7, 11) is 1.78. The van der Waals surface area contributed by atoms with Gasteiger partial charge in [0, 0.05) is 23.2 Å². The number of rotatable bonds is 3. The van der Waals surface area contributed by atoms with Crippen molar-refractivity contribution in [2.75, 3.05) is 7.05 Å². The Balaban J connectivity index is 2.43. The summed E-state index contributed by atoms with van der Waals surface area (Å²) in [6.07, 6.45) is -2.75. The van der Waals surface area contributed by atoms with Crippen molar-refractivity contribution in [3.8, 4) is 10.6 Å². The van der Waals surface area contributed by atoms with Gasteiger partial charge in [0.1, 0.15) is 5.01 Å². The number of nitrogens with one attached hydrogen (secondary N) is 1. The average molecular weight is 272 g/mol. The van der Waals surface area contributed by atoms with Crippen LogP contribution in [0.3, 0.4) is 0 Å². The molecule has 1 aromatic carbocycles. The summed E-state index contributed by atoms with van der Waals surface area (Å²) in [5, 5.41) is 3.34. The molecule has 0 spiro atoms. The van der Waals surface area contributed by atoms with Crippen LogP contribution in [0.4, 0.5) is 13.2 Å². The molecule has 0 saturated heterocycles. The molecular weight excluding hydrogens is 261 g/mol. The number of hydrogen-bond donors (Lipinski definition) is 1. The van der Waals surface area contributed by atoms with Crippen LogP contribution in [0.15, 0.2) is 30.5 Å². The molecular formula is C12H11F3N2S. The van der Waals surface area contributed by atoms with E-state index in [9.17, 15) is 13.2 Å². The van der Waals surface area contributed by atoms with Crippen LogP contribution in [-0.4, -0.2) is 12.0 Å². The highest BCUT2D eigenvalue weighted by atomic mass is 32.1. The molecule has 18 heavy (non-hydrogen) atoms. The minimum Gasteiger partial charge on any atom is -0.315 e. The number of alkyl halides is 3. The highest BCUT2D eigenvalue weighted by molar-refractivity contribution is 7.15. The van der Waals surface area contributed by atoms with E-state index in [0.29, 0.717) is 11.6 Å². The molecule has 0 amide bonds. The van der Waals surface area contributed by atoms with Gasteiger partial charge in [-0.1, -0.05) is 18.2 Å². The molecule has 1 aromatic heterocycles. The number of aromatic nitrogens is 1. The molecule has 0 unspecified atom stereocenters. The van der Waals surface area contributed by atoms with Gasteiger partial charge >= 0.3 is 6.18 Å². The summed E-state index contributed by atoms with van der Waals surface area (Å²) in [6.45, 7) is 0.603. The van der Waals surface area contributed by atoms with Gasteiger partial charge in [-0.3, -0.25) is 0 Å². The van der Waals surface area contributed by atoms with Crippen molar-refractivity contribution in [1.82, 2.24) is 10.3 Å². The van der Waals surface area contributed by atoms with Gasteiger partial charge in [0.15, 0.2) is 0 Å². The van der Waals surface area contributed by atoms with Crippen molar-refractivity contribution in [2.45, 2.75) is 12.7 Å². The zero-order valence-electron chi connectivity index (χ0n) is 9.58. The SMILES string of the molecule is CNCc1cnc(-c2ccccc2C(F)(F)F)s1. The molecule has 0 radical (unpaired) electrons. The van der Waals surface area contributed by atoms with Crippen molar-refractivity contribution in [3.05, 3.63) is 40.9 Å². The predicted octanol–water partition coefficient (Wildman–Crippen LogP) is 3.55. The van der Waals surface area contributed by atoms with Crippen LogP contribution in [-0.2, 0) is 12.7 Å². The van der Waals surface area contributed by atoms with E-state index in [0.717, 1.165) is 10.9 Å². The number of halogens is 3. The number of benzene rings is 1. The van der Waals surface area contributed by atoms with E-state index in [2.05, 4.69) is 10.3 Å². The van der Waals surface area contributed by atoms with E-state index >= 15 is 0 Å². The number of hydrogen-bond acceptors (Lipinski definition) is 3. The summed E-state index contributed by atoms with van der Waals surface area (Å²) in [5.74, 6) is 0. The van der Waals surface area contributed by atoms with Crippen LogP contribution in [0.25, 0.3) is 10.6 Å². The second kappa shape index (κ2) is 5.07. The van der Waals surface area contributed by atoms with Gasteiger partial charge < -0.3 is 5.32 Å².